The lowest BCUT2D eigenvalue weighted by molar-refractivity contribution is -0.145. The van der Waals surface area contributed by atoms with Gasteiger partial charge in [0.2, 0.25) is 11.7 Å². The highest BCUT2D eigenvalue weighted by atomic mass is 16.2. The molecule has 0 aromatic heterocycles. The molecule has 6 heteroatoms. The van der Waals surface area contributed by atoms with Crippen LogP contribution in [0.25, 0.3) is 0 Å². The molecule has 4 fully saturated rings. The Bertz CT molecular complexity index is 781. The number of rotatable bonds is 9. The van der Waals surface area contributed by atoms with Crippen LogP contribution in [0.1, 0.15) is 85.0 Å². The number of piperidine rings is 1. The molecule has 0 bridgehead atoms. The molecule has 1 saturated heterocycles. The maximum atomic E-state index is 13.6. The second-order valence-corrected chi connectivity index (χ2v) is 11.7. The minimum Gasteiger partial charge on any atom is -0.363 e. The smallest absolute Gasteiger partial charge is 0.285 e. The Kier molecular flexibility index (Phi) is 6.52. The molecule has 1 unspecified atom stereocenters. The number of carbonyl (C=O) groups is 4. The van der Waals surface area contributed by atoms with Gasteiger partial charge >= 0.3 is 0 Å². The van der Waals surface area contributed by atoms with E-state index in [1.165, 1.54) is 19.3 Å². The third kappa shape index (κ3) is 4.26. The summed E-state index contributed by atoms with van der Waals surface area (Å²) in [5.74, 6) is -0.917. The number of likely N-dealkylation sites (tertiary alicyclic amines) is 1. The van der Waals surface area contributed by atoms with Crippen molar-refractivity contribution in [1.82, 2.24) is 4.90 Å². The Morgan fingerprint density at radius 1 is 1.00 bits per heavy atom. The van der Waals surface area contributed by atoms with Gasteiger partial charge in [0.25, 0.3) is 5.91 Å². The van der Waals surface area contributed by atoms with Crippen LogP contribution in [0.3, 0.4) is 0 Å². The molecule has 4 rings (SSSR count). The first-order chi connectivity index (χ1) is 15.1. The van der Waals surface area contributed by atoms with Crippen LogP contribution in [0.5, 0.6) is 0 Å². The number of primary amides is 1. The zero-order valence-corrected chi connectivity index (χ0v) is 20.0. The van der Waals surface area contributed by atoms with Crippen LogP contribution in [-0.2, 0) is 19.2 Å². The lowest BCUT2D eigenvalue weighted by Gasteiger charge is -2.36. The summed E-state index contributed by atoms with van der Waals surface area (Å²) in [6.07, 6.45) is 9.61. The van der Waals surface area contributed by atoms with Crippen molar-refractivity contribution in [2.75, 3.05) is 6.54 Å². The van der Waals surface area contributed by atoms with Crippen molar-refractivity contribution >= 4 is 23.4 Å². The molecule has 3 saturated carbocycles. The molecule has 1 heterocycles. The topological polar surface area (TPSA) is 97.5 Å². The van der Waals surface area contributed by atoms with Crippen molar-refractivity contribution in [3.05, 3.63) is 0 Å². The minimum atomic E-state index is -0.947. The molecule has 0 aromatic rings. The molecule has 3 aliphatic carbocycles. The van der Waals surface area contributed by atoms with Gasteiger partial charge in [-0.2, -0.15) is 0 Å². The Morgan fingerprint density at radius 3 is 2.22 bits per heavy atom. The molecule has 0 spiro atoms. The molecule has 4 aliphatic rings. The van der Waals surface area contributed by atoms with Crippen LogP contribution in [0.15, 0.2) is 0 Å². The molecule has 1 aliphatic heterocycles. The zero-order valence-electron chi connectivity index (χ0n) is 20.0. The van der Waals surface area contributed by atoms with Gasteiger partial charge < -0.3 is 10.6 Å². The van der Waals surface area contributed by atoms with E-state index in [1.807, 2.05) is 11.8 Å². The van der Waals surface area contributed by atoms with E-state index < -0.39 is 23.7 Å². The van der Waals surface area contributed by atoms with Gasteiger partial charge in [-0.25, -0.2) is 0 Å². The molecular weight excluding hydrogens is 404 g/mol. The molecule has 178 valence electrons. The number of nitrogens with two attached hydrogens (primary N) is 1. The van der Waals surface area contributed by atoms with Crippen LogP contribution < -0.4 is 5.73 Å². The Labute approximate surface area is 192 Å². The zero-order chi connectivity index (χ0) is 23.2. The fraction of sp³-hybridized carbons (Fsp3) is 0.846. The van der Waals surface area contributed by atoms with Crippen molar-refractivity contribution in [1.29, 1.82) is 0 Å². The molecule has 0 radical (unpaired) electrons. The van der Waals surface area contributed by atoms with Crippen LogP contribution >= 0.6 is 0 Å². The third-order valence-electron chi connectivity index (χ3n) is 9.47. The van der Waals surface area contributed by atoms with Gasteiger partial charge in [-0.1, -0.05) is 59.3 Å². The summed E-state index contributed by atoms with van der Waals surface area (Å²) >= 11 is 0. The molecule has 32 heavy (non-hydrogen) atoms. The van der Waals surface area contributed by atoms with E-state index in [1.54, 1.807) is 0 Å². The molecule has 5 atom stereocenters. The molecule has 2 N–H and O–H groups in total. The summed E-state index contributed by atoms with van der Waals surface area (Å²) in [6, 6.07) is -0.460. The van der Waals surface area contributed by atoms with Gasteiger partial charge in [-0.15, -0.1) is 0 Å². The van der Waals surface area contributed by atoms with Crippen molar-refractivity contribution in [3.63, 3.8) is 0 Å². The summed E-state index contributed by atoms with van der Waals surface area (Å²) < 4.78 is 0. The summed E-state index contributed by atoms with van der Waals surface area (Å²) in [5.41, 5.74) is 5.36. The number of carbonyl (C=O) groups excluding carboxylic acids is 4. The van der Waals surface area contributed by atoms with E-state index in [4.69, 9.17) is 5.73 Å². The standard InChI is InChI=1S/C26H40N2O4/c1-15(17-10-5-4-6-11-17)25(32)28-14-19-21(26(19,2)3)22(28)20(29)13-18(23(30)24(27)31)12-16-8-7-9-16/h15-19,21-22H,4-14H2,1-3H3,(H2,27,31)/t15-,18?,19-,21-,22+/m0/s1. The van der Waals surface area contributed by atoms with Gasteiger partial charge in [0.15, 0.2) is 5.78 Å². The van der Waals surface area contributed by atoms with Crippen LogP contribution in [0.2, 0.25) is 0 Å². The Balaban J connectivity index is 1.49. The van der Waals surface area contributed by atoms with E-state index >= 15 is 0 Å². The number of ketones is 2. The van der Waals surface area contributed by atoms with E-state index in [0.29, 0.717) is 30.7 Å². The van der Waals surface area contributed by atoms with Crippen LogP contribution in [0, 0.1) is 40.9 Å². The normalized spacial score (nSPS) is 31.3. The first-order valence-electron chi connectivity index (χ1n) is 12.8. The fourth-order valence-corrected chi connectivity index (χ4v) is 6.96. The molecule has 6 nitrogen and oxygen atoms in total. The van der Waals surface area contributed by atoms with Crippen molar-refractivity contribution in [2.24, 2.45) is 46.7 Å². The Morgan fingerprint density at radius 2 is 1.66 bits per heavy atom. The first-order valence-corrected chi connectivity index (χ1v) is 12.8. The Hall–Kier alpha value is -1.72. The number of hydrogen-bond acceptors (Lipinski definition) is 4. The van der Waals surface area contributed by atoms with E-state index in [-0.39, 0.29) is 35.4 Å². The summed E-state index contributed by atoms with van der Waals surface area (Å²) in [4.78, 5) is 53.1. The maximum absolute atomic E-state index is 13.6. The quantitative estimate of drug-likeness (QED) is 0.550. The average molecular weight is 445 g/mol. The highest BCUT2D eigenvalue weighted by Crippen LogP contribution is 2.65. The van der Waals surface area contributed by atoms with Crippen LogP contribution in [0.4, 0.5) is 0 Å². The summed E-state index contributed by atoms with van der Waals surface area (Å²) in [7, 11) is 0. The lowest BCUT2D eigenvalue weighted by atomic mass is 9.76. The molecule has 0 aromatic carbocycles. The first kappa shape index (κ1) is 23.4. The van der Waals surface area contributed by atoms with Gasteiger partial charge in [0.1, 0.15) is 0 Å². The van der Waals surface area contributed by atoms with E-state index in [9.17, 15) is 19.2 Å². The predicted octanol–water partition coefficient (Wildman–Crippen LogP) is 3.51. The minimum absolute atomic E-state index is 0.0316. The summed E-state index contributed by atoms with van der Waals surface area (Å²) in [6.45, 7) is 7.02. The van der Waals surface area contributed by atoms with Crippen molar-refractivity contribution in [3.8, 4) is 0 Å². The fourth-order valence-electron chi connectivity index (χ4n) is 6.96. The number of Topliss-reactive ketones (excluding diaryl/α,β-unsaturated/α-hetero) is 2. The van der Waals surface area contributed by atoms with Gasteiger partial charge in [-0.05, 0) is 48.3 Å². The van der Waals surface area contributed by atoms with E-state index in [2.05, 4.69) is 13.8 Å². The SMILES string of the molecule is C[C@H](C(=O)N1C[C@H]2[C@@H]([C@H]1C(=O)CC(CC1CCC1)C(=O)C(N)=O)C2(C)C)C1CCCCC1. The average Bonchev–Trinajstić information content (AvgIpc) is 3.08. The van der Waals surface area contributed by atoms with Gasteiger partial charge in [0.05, 0.1) is 6.04 Å². The molecular formula is C26H40N2O4. The van der Waals surface area contributed by atoms with E-state index in [0.717, 1.165) is 32.1 Å². The lowest BCUT2D eigenvalue weighted by Crippen LogP contribution is -2.49. The summed E-state index contributed by atoms with van der Waals surface area (Å²) in [5, 5.41) is 0. The van der Waals surface area contributed by atoms with Crippen molar-refractivity contribution in [2.45, 2.75) is 91.0 Å². The second kappa shape index (κ2) is 8.90. The number of amides is 2. The second-order valence-electron chi connectivity index (χ2n) is 11.7. The largest absolute Gasteiger partial charge is 0.363 e. The van der Waals surface area contributed by atoms with Gasteiger partial charge in [-0.3, -0.25) is 19.2 Å². The number of fused-ring (bicyclic) bond motifs is 1. The number of hydrogen-bond donors (Lipinski definition) is 1. The predicted molar refractivity (Wildman–Crippen MR) is 121 cm³/mol. The highest BCUT2D eigenvalue weighted by Gasteiger charge is 2.69. The highest BCUT2D eigenvalue weighted by molar-refractivity contribution is 6.36. The van der Waals surface area contributed by atoms with Crippen molar-refractivity contribution < 1.29 is 19.2 Å². The third-order valence-corrected chi connectivity index (χ3v) is 9.47. The number of nitrogens with zero attached hydrogens (tertiary/aromatic N) is 1. The van der Waals surface area contributed by atoms with Gasteiger partial charge in [0, 0.05) is 24.8 Å². The monoisotopic (exact) mass is 444 g/mol. The maximum Gasteiger partial charge on any atom is 0.285 e. The van der Waals surface area contributed by atoms with Crippen LogP contribution in [-0.4, -0.2) is 40.9 Å². The molecule has 2 amide bonds.